The summed E-state index contributed by atoms with van der Waals surface area (Å²) in [5.41, 5.74) is 13.2. The summed E-state index contributed by atoms with van der Waals surface area (Å²) in [6.45, 7) is 0. The van der Waals surface area contributed by atoms with E-state index in [1.807, 2.05) is 57.7 Å². The molecule has 3 heterocycles. The number of nitrogens with zero attached hydrogens (tertiary/aromatic N) is 4. The largest absolute Gasteiger partial charge is 0.383 e. The zero-order valence-corrected chi connectivity index (χ0v) is 21.5. The van der Waals surface area contributed by atoms with Crippen LogP contribution in [0.1, 0.15) is 5.69 Å². The molecule has 0 unspecified atom stereocenters. The molecular formula is C34H24N6. The Kier molecular flexibility index (Phi) is 4.72. The number of benzene rings is 5. The van der Waals surface area contributed by atoms with Gasteiger partial charge in [0.15, 0.2) is 5.84 Å². The average Bonchev–Trinajstić information content (AvgIpc) is 3.66. The Bertz CT molecular complexity index is 2230. The highest BCUT2D eigenvalue weighted by Crippen LogP contribution is 2.38. The van der Waals surface area contributed by atoms with Crippen LogP contribution in [0.5, 0.6) is 0 Å². The second-order valence-corrected chi connectivity index (χ2v) is 9.96. The SMILES string of the molecule is N=C(c1ncn(-c2ccccc2)c1N)n1c2ccccc2c2cc3c4ccccc4n(-c4ccccc4)c3cc21. The number of para-hydroxylation sites is 4. The van der Waals surface area contributed by atoms with Gasteiger partial charge in [-0.05, 0) is 48.5 Å². The van der Waals surface area contributed by atoms with Crippen molar-refractivity contribution >= 4 is 55.3 Å². The Balaban J connectivity index is 1.44. The molecule has 0 bridgehead atoms. The molecule has 190 valence electrons. The summed E-state index contributed by atoms with van der Waals surface area (Å²) in [6.07, 6.45) is 1.69. The zero-order chi connectivity index (χ0) is 26.8. The number of rotatable bonds is 3. The molecule has 8 aromatic rings. The molecule has 0 spiro atoms. The molecule has 0 aliphatic carbocycles. The summed E-state index contributed by atoms with van der Waals surface area (Å²) >= 11 is 0. The first-order valence-electron chi connectivity index (χ1n) is 13.2. The van der Waals surface area contributed by atoms with Gasteiger partial charge in [0.25, 0.3) is 0 Å². The van der Waals surface area contributed by atoms with Gasteiger partial charge in [-0.3, -0.25) is 14.5 Å². The minimum Gasteiger partial charge on any atom is -0.383 e. The van der Waals surface area contributed by atoms with E-state index in [-0.39, 0.29) is 5.84 Å². The Morgan fingerprint density at radius 2 is 1.15 bits per heavy atom. The maximum atomic E-state index is 9.40. The quantitative estimate of drug-likeness (QED) is 0.188. The van der Waals surface area contributed by atoms with Crippen LogP contribution in [-0.2, 0) is 0 Å². The first-order valence-corrected chi connectivity index (χ1v) is 13.2. The number of aromatic nitrogens is 4. The van der Waals surface area contributed by atoms with Crippen LogP contribution in [0.4, 0.5) is 5.82 Å². The van der Waals surface area contributed by atoms with Crippen LogP contribution >= 0.6 is 0 Å². The number of fused-ring (bicyclic) bond motifs is 6. The third-order valence-electron chi connectivity index (χ3n) is 7.77. The van der Waals surface area contributed by atoms with Crippen molar-refractivity contribution in [2.24, 2.45) is 0 Å². The van der Waals surface area contributed by atoms with E-state index in [2.05, 4.69) is 82.3 Å². The van der Waals surface area contributed by atoms with Gasteiger partial charge in [0.05, 0.1) is 22.1 Å². The lowest BCUT2D eigenvalue weighted by atomic mass is 10.1. The molecule has 0 saturated heterocycles. The molecule has 0 radical (unpaired) electrons. The summed E-state index contributed by atoms with van der Waals surface area (Å²) in [6, 6.07) is 41.5. The van der Waals surface area contributed by atoms with E-state index in [0.717, 1.165) is 44.2 Å². The van der Waals surface area contributed by atoms with Gasteiger partial charge in [-0.1, -0.05) is 72.8 Å². The summed E-state index contributed by atoms with van der Waals surface area (Å²) in [7, 11) is 0. The van der Waals surface area contributed by atoms with Gasteiger partial charge in [-0.2, -0.15) is 0 Å². The van der Waals surface area contributed by atoms with Gasteiger partial charge in [-0.25, -0.2) is 4.98 Å². The summed E-state index contributed by atoms with van der Waals surface area (Å²) in [4.78, 5) is 4.61. The van der Waals surface area contributed by atoms with Crippen molar-refractivity contribution in [2.75, 3.05) is 5.73 Å². The van der Waals surface area contributed by atoms with Crippen molar-refractivity contribution in [3.05, 3.63) is 133 Å². The van der Waals surface area contributed by atoms with Gasteiger partial charge in [0.1, 0.15) is 17.8 Å². The number of hydrogen-bond acceptors (Lipinski definition) is 3. The van der Waals surface area contributed by atoms with Gasteiger partial charge in [0, 0.05) is 32.9 Å². The molecule has 0 saturated carbocycles. The molecule has 0 aliphatic rings. The molecule has 0 fully saturated rings. The minimum atomic E-state index is 0.236. The number of nitrogens with one attached hydrogen (secondary N) is 1. The standard InChI is InChI=1S/C34H24N6/c35-33-32(37-21-38(33)22-11-3-1-4-12-22)34(36)40-29-18-10-8-16-25(29)27-19-26-24-15-7-9-17-28(24)39(30(26)20-31(27)40)23-13-5-2-6-14-23/h1-21,36H,35H2. The summed E-state index contributed by atoms with van der Waals surface area (Å²) in [5, 5.41) is 13.9. The number of anilines is 1. The lowest BCUT2D eigenvalue weighted by Crippen LogP contribution is -2.15. The van der Waals surface area contributed by atoms with Gasteiger partial charge in [0.2, 0.25) is 0 Å². The Morgan fingerprint density at radius 3 is 1.88 bits per heavy atom. The molecule has 3 aromatic heterocycles. The number of imidazole rings is 1. The van der Waals surface area contributed by atoms with E-state index >= 15 is 0 Å². The van der Waals surface area contributed by atoms with Crippen molar-refractivity contribution in [2.45, 2.75) is 0 Å². The van der Waals surface area contributed by atoms with E-state index in [1.165, 1.54) is 10.8 Å². The average molecular weight is 517 g/mol. The molecular weight excluding hydrogens is 492 g/mol. The lowest BCUT2D eigenvalue weighted by molar-refractivity contribution is 1.07. The molecule has 0 amide bonds. The molecule has 0 atom stereocenters. The monoisotopic (exact) mass is 516 g/mol. The van der Waals surface area contributed by atoms with Crippen molar-refractivity contribution in [1.29, 1.82) is 5.41 Å². The van der Waals surface area contributed by atoms with Crippen molar-refractivity contribution in [3.8, 4) is 11.4 Å². The lowest BCUT2D eigenvalue weighted by Gasteiger charge is -2.11. The van der Waals surface area contributed by atoms with Crippen molar-refractivity contribution in [1.82, 2.24) is 18.7 Å². The zero-order valence-electron chi connectivity index (χ0n) is 21.5. The van der Waals surface area contributed by atoms with Crippen LogP contribution in [0.15, 0.2) is 128 Å². The highest BCUT2D eigenvalue weighted by Gasteiger charge is 2.22. The second kappa shape index (κ2) is 8.44. The molecule has 0 aliphatic heterocycles. The molecule has 6 nitrogen and oxygen atoms in total. The first-order chi connectivity index (χ1) is 19.7. The third-order valence-corrected chi connectivity index (χ3v) is 7.77. The van der Waals surface area contributed by atoms with E-state index in [4.69, 9.17) is 5.73 Å². The summed E-state index contributed by atoms with van der Waals surface area (Å²) in [5.74, 6) is 0.668. The third kappa shape index (κ3) is 3.10. The fraction of sp³-hybridized carbons (Fsp3) is 0. The van der Waals surface area contributed by atoms with Gasteiger partial charge >= 0.3 is 0 Å². The topological polar surface area (TPSA) is 77.6 Å². The predicted octanol–water partition coefficient (Wildman–Crippen LogP) is 7.53. The predicted molar refractivity (Wildman–Crippen MR) is 164 cm³/mol. The molecule has 40 heavy (non-hydrogen) atoms. The van der Waals surface area contributed by atoms with E-state index in [9.17, 15) is 5.41 Å². The first kappa shape index (κ1) is 22.4. The van der Waals surface area contributed by atoms with Crippen LogP contribution < -0.4 is 5.73 Å². The number of nitrogen functional groups attached to an aromatic ring is 1. The smallest absolute Gasteiger partial charge is 0.160 e. The van der Waals surface area contributed by atoms with Crippen LogP contribution in [-0.4, -0.2) is 24.5 Å². The van der Waals surface area contributed by atoms with E-state index in [1.54, 1.807) is 6.33 Å². The fourth-order valence-electron chi connectivity index (χ4n) is 5.97. The highest BCUT2D eigenvalue weighted by atomic mass is 15.2. The normalized spacial score (nSPS) is 11.7. The maximum Gasteiger partial charge on any atom is 0.160 e. The molecule has 3 N–H and O–H groups in total. The van der Waals surface area contributed by atoms with Crippen LogP contribution in [0.3, 0.4) is 0 Å². The number of nitrogens with two attached hydrogens (primary N) is 1. The Labute approximate surface area is 229 Å². The Morgan fingerprint density at radius 1 is 0.575 bits per heavy atom. The van der Waals surface area contributed by atoms with E-state index in [0.29, 0.717) is 11.5 Å². The second-order valence-electron chi connectivity index (χ2n) is 9.96. The van der Waals surface area contributed by atoms with Crippen molar-refractivity contribution < 1.29 is 0 Å². The van der Waals surface area contributed by atoms with Crippen LogP contribution in [0.2, 0.25) is 0 Å². The highest BCUT2D eigenvalue weighted by molar-refractivity contribution is 6.22. The Hall–Kier alpha value is -5.62. The molecule has 5 aromatic carbocycles. The van der Waals surface area contributed by atoms with E-state index < -0.39 is 0 Å². The maximum absolute atomic E-state index is 9.40. The summed E-state index contributed by atoms with van der Waals surface area (Å²) < 4.78 is 6.10. The van der Waals surface area contributed by atoms with Gasteiger partial charge in [-0.15, -0.1) is 0 Å². The molecule has 6 heteroatoms. The van der Waals surface area contributed by atoms with Crippen molar-refractivity contribution in [3.63, 3.8) is 0 Å². The van der Waals surface area contributed by atoms with Crippen LogP contribution in [0.25, 0.3) is 55.0 Å². The fourth-order valence-corrected chi connectivity index (χ4v) is 5.97. The van der Waals surface area contributed by atoms with Crippen LogP contribution in [0, 0.1) is 5.41 Å². The minimum absolute atomic E-state index is 0.236. The molecule has 8 rings (SSSR count). The number of hydrogen-bond donors (Lipinski definition) is 2. The van der Waals surface area contributed by atoms with Gasteiger partial charge < -0.3 is 10.3 Å².